The van der Waals surface area contributed by atoms with Gasteiger partial charge in [-0.3, -0.25) is 4.79 Å². The van der Waals surface area contributed by atoms with Crippen LogP contribution in [-0.2, 0) is 4.79 Å². The molecule has 1 aromatic heterocycles. The molecule has 0 saturated heterocycles. The Kier molecular flexibility index (Phi) is 2.29. The van der Waals surface area contributed by atoms with Gasteiger partial charge in [-0.25, -0.2) is 4.98 Å². The van der Waals surface area contributed by atoms with Gasteiger partial charge in [0.05, 0.1) is 0 Å². The van der Waals surface area contributed by atoms with Gasteiger partial charge < -0.3 is 5.32 Å². The molecule has 0 aliphatic carbocycles. The highest BCUT2D eigenvalue weighted by molar-refractivity contribution is 9.10. The molecular weight excluding hydrogens is 252 g/mol. The van der Waals surface area contributed by atoms with Crippen molar-refractivity contribution >= 4 is 39.4 Å². The lowest BCUT2D eigenvalue weighted by Crippen LogP contribution is -2.08. The Morgan fingerprint density at radius 1 is 1.69 bits per heavy atom. The third-order valence-corrected chi connectivity index (χ3v) is 3.25. The van der Waals surface area contributed by atoms with Crippen LogP contribution in [0.2, 0.25) is 0 Å². The van der Waals surface area contributed by atoms with E-state index in [1.807, 2.05) is 12.3 Å². The first kappa shape index (κ1) is 9.02. The minimum atomic E-state index is -0.111. The number of hydrogen-bond acceptors (Lipinski definition) is 3. The highest BCUT2D eigenvalue weighted by atomic mass is 79.9. The Labute approximate surface area is 88.4 Å². The molecule has 0 unspecified atom stereocenters. The van der Waals surface area contributed by atoms with E-state index in [2.05, 4.69) is 26.2 Å². The van der Waals surface area contributed by atoms with Crippen molar-refractivity contribution in [2.24, 2.45) is 0 Å². The van der Waals surface area contributed by atoms with Crippen molar-refractivity contribution in [1.29, 1.82) is 0 Å². The molecule has 1 aliphatic heterocycles. The lowest BCUT2D eigenvalue weighted by atomic mass is 10.2. The van der Waals surface area contributed by atoms with Crippen molar-refractivity contribution in [3.05, 3.63) is 22.3 Å². The average Bonchev–Trinajstić information content (AvgIpc) is 2.40. The molecule has 5 heteroatoms. The van der Waals surface area contributed by atoms with Gasteiger partial charge in [-0.15, -0.1) is 11.8 Å². The fraction of sp³-hybridized carbons (Fsp3) is 0.250. The summed E-state index contributed by atoms with van der Waals surface area (Å²) in [6, 6.07) is 1.93. The van der Waals surface area contributed by atoms with Gasteiger partial charge in [0.2, 0.25) is 5.91 Å². The predicted molar refractivity (Wildman–Crippen MR) is 56.8 cm³/mol. The van der Waals surface area contributed by atoms with Crippen LogP contribution in [0.15, 0.2) is 16.7 Å². The molecule has 0 bridgehead atoms. The number of carbonyl (C=O) groups is 1. The topological polar surface area (TPSA) is 42.0 Å². The lowest BCUT2D eigenvalue weighted by Gasteiger charge is -2.02. The Morgan fingerprint density at radius 3 is 3.15 bits per heavy atom. The van der Waals surface area contributed by atoms with E-state index in [4.69, 9.17) is 0 Å². The van der Waals surface area contributed by atoms with Crippen LogP contribution in [0, 0.1) is 0 Å². The summed E-state index contributed by atoms with van der Waals surface area (Å²) in [5, 5.41) is 2.62. The van der Waals surface area contributed by atoms with Crippen molar-refractivity contribution in [2.45, 2.75) is 5.25 Å². The Balaban J connectivity index is 2.50. The molecule has 0 radical (unpaired) electrons. The Hall–Kier alpha value is -0.550. The van der Waals surface area contributed by atoms with Crippen LogP contribution in [-0.4, -0.2) is 17.1 Å². The second-order valence-electron chi connectivity index (χ2n) is 2.70. The molecule has 2 heterocycles. The molecule has 68 valence electrons. The number of fused-ring (bicyclic) bond motifs is 1. The molecule has 1 atom stereocenters. The number of hydrogen-bond donors (Lipinski definition) is 1. The van der Waals surface area contributed by atoms with Crippen molar-refractivity contribution in [2.75, 3.05) is 11.6 Å². The maximum atomic E-state index is 11.4. The zero-order valence-corrected chi connectivity index (χ0v) is 9.28. The summed E-state index contributed by atoms with van der Waals surface area (Å²) in [5.74, 6) is 0.709. The van der Waals surface area contributed by atoms with Crippen molar-refractivity contribution in [3.63, 3.8) is 0 Å². The number of amides is 1. The number of pyridine rings is 1. The molecule has 0 spiro atoms. The fourth-order valence-corrected chi connectivity index (χ4v) is 2.37. The molecule has 2 rings (SSSR count). The second-order valence-corrected chi connectivity index (χ2v) is 4.55. The van der Waals surface area contributed by atoms with Crippen LogP contribution >= 0.6 is 27.7 Å². The summed E-state index contributed by atoms with van der Waals surface area (Å²) in [6.07, 6.45) is 3.60. The molecule has 0 fully saturated rings. The van der Waals surface area contributed by atoms with Crippen LogP contribution in [0.4, 0.5) is 5.82 Å². The average molecular weight is 259 g/mol. The molecule has 1 aliphatic rings. The molecule has 1 aromatic rings. The number of carbonyl (C=O) groups excluding carboxylic acids is 1. The lowest BCUT2D eigenvalue weighted by molar-refractivity contribution is -0.115. The van der Waals surface area contributed by atoms with Crippen LogP contribution in [0.25, 0.3) is 0 Å². The van der Waals surface area contributed by atoms with Crippen molar-refractivity contribution in [3.8, 4) is 0 Å². The minimum absolute atomic E-state index is 0.0214. The second kappa shape index (κ2) is 3.31. The zero-order valence-electron chi connectivity index (χ0n) is 6.87. The summed E-state index contributed by atoms with van der Waals surface area (Å²) in [5.41, 5.74) is 0.965. The third-order valence-electron chi connectivity index (χ3n) is 1.88. The fourth-order valence-electron chi connectivity index (χ4n) is 1.32. The number of thioether (sulfide) groups is 1. The van der Waals surface area contributed by atoms with Gasteiger partial charge in [-0.05, 0) is 28.3 Å². The van der Waals surface area contributed by atoms with Crippen LogP contribution < -0.4 is 5.32 Å². The van der Waals surface area contributed by atoms with Gasteiger partial charge >= 0.3 is 0 Å². The monoisotopic (exact) mass is 258 g/mol. The quantitative estimate of drug-likeness (QED) is 0.840. The molecule has 1 amide bonds. The highest BCUT2D eigenvalue weighted by Crippen LogP contribution is 2.38. The Bertz CT molecular complexity index is 369. The predicted octanol–water partition coefficient (Wildman–Crippen LogP) is 2.20. The molecule has 1 N–H and O–H groups in total. The van der Waals surface area contributed by atoms with Gasteiger partial charge in [-0.2, -0.15) is 0 Å². The van der Waals surface area contributed by atoms with Gasteiger partial charge in [0.15, 0.2) is 0 Å². The Morgan fingerprint density at radius 2 is 2.46 bits per heavy atom. The maximum absolute atomic E-state index is 11.4. The van der Waals surface area contributed by atoms with E-state index >= 15 is 0 Å². The van der Waals surface area contributed by atoms with E-state index in [0.717, 1.165) is 10.0 Å². The summed E-state index contributed by atoms with van der Waals surface area (Å²) >= 11 is 4.85. The molecule has 13 heavy (non-hydrogen) atoms. The molecule has 0 saturated carbocycles. The van der Waals surface area contributed by atoms with E-state index in [9.17, 15) is 4.79 Å². The first-order valence-electron chi connectivity index (χ1n) is 3.71. The standard InChI is InChI=1S/C8H7BrN2OS/c1-13-6-5-2-4(9)3-10-7(5)11-8(6)12/h2-3,6H,1H3,(H,10,11,12)/t6-/m1/s1. The van der Waals surface area contributed by atoms with Crippen LogP contribution in [0.5, 0.6) is 0 Å². The smallest absolute Gasteiger partial charge is 0.243 e. The van der Waals surface area contributed by atoms with Gasteiger partial charge in [-0.1, -0.05) is 0 Å². The van der Waals surface area contributed by atoms with E-state index in [-0.39, 0.29) is 11.2 Å². The van der Waals surface area contributed by atoms with Crippen molar-refractivity contribution in [1.82, 2.24) is 4.98 Å². The van der Waals surface area contributed by atoms with E-state index < -0.39 is 0 Å². The first-order valence-corrected chi connectivity index (χ1v) is 5.79. The van der Waals surface area contributed by atoms with Gasteiger partial charge in [0.25, 0.3) is 0 Å². The number of anilines is 1. The number of aromatic nitrogens is 1. The molecule has 0 aromatic carbocycles. The molecular formula is C8H7BrN2OS. The van der Waals surface area contributed by atoms with E-state index in [0.29, 0.717) is 5.82 Å². The van der Waals surface area contributed by atoms with Crippen LogP contribution in [0.1, 0.15) is 10.8 Å². The van der Waals surface area contributed by atoms with E-state index in [1.54, 1.807) is 6.20 Å². The first-order chi connectivity index (χ1) is 6.22. The molecule has 3 nitrogen and oxygen atoms in total. The van der Waals surface area contributed by atoms with E-state index in [1.165, 1.54) is 11.8 Å². The number of halogens is 1. The third kappa shape index (κ3) is 1.46. The maximum Gasteiger partial charge on any atom is 0.243 e. The largest absolute Gasteiger partial charge is 0.309 e. The van der Waals surface area contributed by atoms with Crippen molar-refractivity contribution < 1.29 is 4.79 Å². The summed E-state index contributed by atoms with van der Waals surface area (Å²) in [4.78, 5) is 15.5. The SMILES string of the molecule is CS[C@H]1C(=O)Nc2ncc(Br)cc21. The normalized spacial score (nSPS) is 19.8. The van der Waals surface area contributed by atoms with Gasteiger partial charge in [0, 0.05) is 16.2 Å². The van der Waals surface area contributed by atoms with Crippen LogP contribution in [0.3, 0.4) is 0 Å². The summed E-state index contributed by atoms with van der Waals surface area (Å²) < 4.78 is 0.904. The summed E-state index contributed by atoms with van der Waals surface area (Å²) in [6.45, 7) is 0. The number of rotatable bonds is 1. The summed E-state index contributed by atoms with van der Waals surface area (Å²) in [7, 11) is 0. The number of nitrogens with zero attached hydrogens (tertiary/aromatic N) is 1. The minimum Gasteiger partial charge on any atom is -0.309 e. The number of nitrogens with one attached hydrogen (secondary N) is 1. The van der Waals surface area contributed by atoms with Gasteiger partial charge in [0.1, 0.15) is 11.1 Å². The highest BCUT2D eigenvalue weighted by Gasteiger charge is 2.30. The zero-order chi connectivity index (χ0) is 9.42.